The highest BCUT2D eigenvalue weighted by Crippen LogP contribution is 2.26. The average molecular weight is 506 g/mol. The number of halogens is 3. The van der Waals surface area contributed by atoms with Gasteiger partial charge in [-0.15, -0.1) is 0 Å². The molecule has 0 radical (unpaired) electrons. The average Bonchev–Trinajstić information content (AvgIpc) is 2.84. The zero-order valence-corrected chi connectivity index (χ0v) is 18.9. The number of nitrogens with zero attached hydrogens (tertiary/aromatic N) is 3. The summed E-state index contributed by atoms with van der Waals surface area (Å²) in [6, 6.07) is 9.44. The van der Waals surface area contributed by atoms with Crippen LogP contribution in [0.1, 0.15) is 17.0 Å². The van der Waals surface area contributed by atoms with E-state index in [0.717, 1.165) is 33.7 Å². The first-order chi connectivity index (χ1) is 11.7. The van der Waals surface area contributed by atoms with Gasteiger partial charge in [-0.05, 0) is 36.8 Å². The second kappa shape index (κ2) is 8.33. The van der Waals surface area contributed by atoms with Gasteiger partial charge in [-0.25, -0.2) is 4.98 Å². The first kappa shape index (κ1) is 21.3. The van der Waals surface area contributed by atoms with Gasteiger partial charge in [-0.1, -0.05) is 29.3 Å². The Labute approximate surface area is 181 Å². The Morgan fingerprint density at radius 3 is 2.50 bits per heavy atom. The number of rotatable bonds is 5. The molecular formula is C19H22Cl2IN3O. The molecule has 140 valence electrons. The van der Waals surface area contributed by atoms with Crippen LogP contribution in [0, 0.1) is 6.92 Å². The molecule has 2 heterocycles. The lowest BCUT2D eigenvalue weighted by molar-refractivity contribution is -0.884. The predicted molar refractivity (Wildman–Crippen MR) is 102 cm³/mol. The molecule has 0 fully saturated rings. The molecule has 0 bridgehead atoms. The van der Waals surface area contributed by atoms with E-state index in [0.29, 0.717) is 16.7 Å². The maximum atomic E-state index is 6.07. The van der Waals surface area contributed by atoms with Crippen molar-refractivity contribution in [2.75, 3.05) is 21.1 Å². The van der Waals surface area contributed by atoms with Gasteiger partial charge in [0.05, 0.1) is 36.9 Å². The van der Waals surface area contributed by atoms with Gasteiger partial charge in [0.1, 0.15) is 18.8 Å². The van der Waals surface area contributed by atoms with E-state index in [9.17, 15) is 0 Å². The third-order valence-electron chi connectivity index (χ3n) is 3.92. The van der Waals surface area contributed by atoms with Gasteiger partial charge < -0.3 is 33.2 Å². The number of ether oxygens (including phenoxy) is 1. The first-order valence-electron chi connectivity index (χ1n) is 8.08. The first-order valence-corrected chi connectivity index (χ1v) is 8.84. The van der Waals surface area contributed by atoms with Crippen LogP contribution in [-0.4, -0.2) is 35.0 Å². The van der Waals surface area contributed by atoms with Crippen LogP contribution < -0.4 is 28.7 Å². The summed E-state index contributed by atoms with van der Waals surface area (Å²) in [6.45, 7) is 3.34. The monoisotopic (exact) mass is 505 g/mol. The van der Waals surface area contributed by atoms with Crippen LogP contribution in [0.2, 0.25) is 10.0 Å². The number of benzene rings is 1. The molecule has 0 unspecified atom stereocenters. The fraction of sp³-hybridized carbons (Fsp3) is 0.316. The van der Waals surface area contributed by atoms with Crippen LogP contribution >= 0.6 is 23.2 Å². The zero-order chi connectivity index (χ0) is 18.2. The van der Waals surface area contributed by atoms with E-state index < -0.39 is 0 Å². The molecule has 0 N–H and O–H groups in total. The molecule has 0 aliphatic heterocycles. The Morgan fingerprint density at radius 2 is 1.85 bits per heavy atom. The second-order valence-corrected chi connectivity index (χ2v) is 8.01. The molecule has 0 atom stereocenters. The van der Waals surface area contributed by atoms with Crippen LogP contribution in [0.4, 0.5) is 0 Å². The number of aryl methyl sites for hydroxylation is 1. The highest BCUT2D eigenvalue weighted by atomic mass is 127. The maximum Gasteiger partial charge on any atom is 0.180 e. The van der Waals surface area contributed by atoms with Crippen molar-refractivity contribution in [3.63, 3.8) is 0 Å². The van der Waals surface area contributed by atoms with E-state index >= 15 is 0 Å². The standard InChI is InChI=1S/C19H22Cl2N3O.HI/c1-13-17(11-24(2,3)4)23-9-5-6-18(19(23)22-13)25-12-14-7-8-15(20)16(21)10-14;/h5-10H,11-12H2,1-4H3;1H/q+1;/p-1. The minimum atomic E-state index is 0. The van der Waals surface area contributed by atoms with Gasteiger partial charge in [-0.2, -0.15) is 0 Å². The zero-order valence-electron chi connectivity index (χ0n) is 15.3. The lowest BCUT2D eigenvalue weighted by atomic mass is 10.2. The summed E-state index contributed by atoms with van der Waals surface area (Å²) in [5.41, 5.74) is 4.02. The summed E-state index contributed by atoms with van der Waals surface area (Å²) in [4.78, 5) is 4.72. The molecule has 0 saturated carbocycles. The molecule has 0 aliphatic carbocycles. The van der Waals surface area contributed by atoms with Crippen molar-refractivity contribution in [2.45, 2.75) is 20.1 Å². The normalized spacial score (nSPS) is 11.5. The van der Waals surface area contributed by atoms with Crippen molar-refractivity contribution < 1.29 is 33.2 Å². The predicted octanol–water partition coefficient (Wildman–Crippen LogP) is 1.74. The number of aromatic nitrogens is 2. The van der Waals surface area contributed by atoms with Crippen molar-refractivity contribution in [3.05, 3.63) is 63.5 Å². The van der Waals surface area contributed by atoms with E-state index in [1.807, 2.05) is 37.4 Å². The molecule has 4 nitrogen and oxygen atoms in total. The Bertz CT molecular complexity index is 919. The van der Waals surface area contributed by atoms with Crippen molar-refractivity contribution >= 4 is 28.8 Å². The topological polar surface area (TPSA) is 26.5 Å². The molecule has 0 saturated heterocycles. The highest BCUT2D eigenvalue weighted by molar-refractivity contribution is 6.42. The summed E-state index contributed by atoms with van der Waals surface area (Å²) < 4.78 is 8.96. The summed E-state index contributed by atoms with van der Waals surface area (Å²) in [7, 11) is 6.51. The smallest absolute Gasteiger partial charge is 0.180 e. The summed E-state index contributed by atoms with van der Waals surface area (Å²) in [6.07, 6.45) is 2.03. The number of fused-ring (bicyclic) bond motifs is 1. The molecule has 3 rings (SSSR count). The van der Waals surface area contributed by atoms with Crippen LogP contribution in [0.3, 0.4) is 0 Å². The van der Waals surface area contributed by atoms with Crippen LogP contribution in [0.15, 0.2) is 36.5 Å². The lowest BCUT2D eigenvalue weighted by Gasteiger charge is -2.23. The third-order valence-corrected chi connectivity index (χ3v) is 4.65. The SMILES string of the molecule is Cc1nc2c(OCc3ccc(Cl)c(Cl)c3)cccn2c1C[N+](C)(C)C.[I-]. The minimum Gasteiger partial charge on any atom is -1.00 e. The van der Waals surface area contributed by atoms with E-state index in [4.69, 9.17) is 32.9 Å². The second-order valence-electron chi connectivity index (χ2n) is 7.20. The van der Waals surface area contributed by atoms with Crippen LogP contribution in [0.25, 0.3) is 5.65 Å². The van der Waals surface area contributed by atoms with E-state index in [-0.39, 0.29) is 24.0 Å². The number of pyridine rings is 1. The quantitative estimate of drug-likeness (QED) is 0.390. The number of hydrogen-bond donors (Lipinski definition) is 0. The molecular weight excluding hydrogens is 484 g/mol. The number of imidazole rings is 1. The Balaban J connectivity index is 0.00000243. The van der Waals surface area contributed by atoms with Crippen molar-refractivity contribution in [1.29, 1.82) is 0 Å². The number of hydrogen-bond acceptors (Lipinski definition) is 2. The van der Waals surface area contributed by atoms with E-state index in [1.54, 1.807) is 6.07 Å². The molecule has 7 heteroatoms. The molecule has 2 aromatic heterocycles. The lowest BCUT2D eigenvalue weighted by Crippen LogP contribution is -3.00. The molecule has 0 aliphatic rings. The van der Waals surface area contributed by atoms with Crippen molar-refractivity contribution in [1.82, 2.24) is 9.38 Å². The maximum absolute atomic E-state index is 6.07. The fourth-order valence-electron chi connectivity index (χ4n) is 2.75. The van der Waals surface area contributed by atoms with Gasteiger partial charge in [0.25, 0.3) is 0 Å². The Morgan fingerprint density at radius 1 is 1.12 bits per heavy atom. The van der Waals surface area contributed by atoms with Gasteiger partial charge in [0.2, 0.25) is 0 Å². The molecule has 0 spiro atoms. The van der Waals surface area contributed by atoms with Crippen molar-refractivity contribution in [2.24, 2.45) is 0 Å². The summed E-state index contributed by atoms with van der Waals surface area (Å²) in [5, 5.41) is 1.07. The number of quaternary nitrogens is 1. The summed E-state index contributed by atoms with van der Waals surface area (Å²) >= 11 is 12.0. The van der Waals surface area contributed by atoms with Crippen LogP contribution in [-0.2, 0) is 13.2 Å². The fourth-order valence-corrected chi connectivity index (χ4v) is 3.07. The van der Waals surface area contributed by atoms with Gasteiger partial charge >= 0.3 is 0 Å². The minimum absolute atomic E-state index is 0. The summed E-state index contributed by atoms with van der Waals surface area (Å²) in [5.74, 6) is 0.754. The molecule has 1 aromatic carbocycles. The van der Waals surface area contributed by atoms with Crippen molar-refractivity contribution in [3.8, 4) is 5.75 Å². The molecule has 3 aromatic rings. The Hall–Kier alpha value is -1.02. The third kappa shape index (κ3) is 4.82. The van der Waals surface area contributed by atoms with E-state index in [1.165, 1.54) is 5.69 Å². The largest absolute Gasteiger partial charge is 1.00 e. The molecule has 0 amide bonds. The molecule has 26 heavy (non-hydrogen) atoms. The van der Waals surface area contributed by atoms with E-state index in [2.05, 4.69) is 25.5 Å². The van der Waals surface area contributed by atoms with Crippen LogP contribution in [0.5, 0.6) is 5.75 Å². The van der Waals surface area contributed by atoms with Gasteiger partial charge in [0.15, 0.2) is 11.4 Å². The Kier molecular flexibility index (Phi) is 6.82. The van der Waals surface area contributed by atoms with Gasteiger partial charge in [-0.3, -0.25) is 4.40 Å². The van der Waals surface area contributed by atoms with Gasteiger partial charge in [0, 0.05) is 6.20 Å². The highest BCUT2D eigenvalue weighted by Gasteiger charge is 2.18.